The Bertz CT molecular complexity index is 1030. The number of halogens is 1. The quantitative estimate of drug-likeness (QED) is 0.356. The van der Waals surface area contributed by atoms with Gasteiger partial charge in [-0.3, -0.25) is 19.8 Å². The van der Waals surface area contributed by atoms with Crippen molar-refractivity contribution in [3.05, 3.63) is 69.5 Å². The lowest BCUT2D eigenvalue weighted by Crippen LogP contribution is -2.58. The highest BCUT2D eigenvalue weighted by molar-refractivity contribution is 5.90. The average molecular weight is 459 g/mol. The molecule has 0 aliphatic carbocycles. The molecule has 1 fully saturated rings. The predicted molar refractivity (Wildman–Crippen MR) is 117 cm³/mol. The smallest absolute Gasteiger partial charge is 0.338 e. The van der Waals surface area contributed by atoms with E-state index in [1.54, 1.807) is 17.0 Å². The number of hydrogen-bond donors (Lipinski definition) is 0. The zero-order chi connectivity index (χ0) is 24.1. The number of piperazine rings is 1. The number of methoxy groups -OCH3 is 1. The summed E-state index contributed by atoms with van der Waals surface area (Å²) in [4.78, 5) is 39.1. The van der Waals surface area contributed by atoms with Gasteiger partial charge in [0.2, 0.25) is 0 Å². The Kier molecular flexibility index (Phi) is 7.59. The molecule has 0 unspecified atom stereocenters. The largest absolute Gasteiger partial charge is 0.477 e. The number of rotatable bonds is 7. The van der Waals surface area contributed by atoms with E-state index in [2.05, 4.69) is 9.64 Å². The summed E-state index contributed by atoms with van der Waals surface area (Å²) in [5, 5.41) is 11.4. The molecular weight excluding hydrogens is 433 g/mol. The van der Waals surface area contributed by atoms with Crippen LogP contribution in [-0.2, 0) is 16.1 Å². The van der Waals surface area contributed by atoms with E-state index < -0.39 is 16.6 Å². The van der Waals surface area contributed by atoms with E-state index in [0.717, 1.165) is 11.6 Å². The molecule has 2 aromatic rings. The van der Waals surface area contributed by atoms with E-state index >= 15 is 0 Å². The van der Waals surface area contributed by atoms with E-state index in [1.807, 2.05) is 13.8 Å². The summed E-state index contributed by atoms with van der Waals surface area (Å²) in [6.45, 7) is 5.30. The third-order valence-corrected chi connectivity index (χ3v) is 5.66. The van der Waals surface area contributed by atoms with Crippen LogP contribution in [0.1, 0.15) is 29.8 Å². The molecule has 0 aromatic heterocycles. The minimum Gasteiger partial charge on any atom is -0.477 e. The molecule has 2 atom stereocenters. The Hall–Kier alpha value is -3.53. The highest BCUT2D eigenvalue weighted by atomic mass is 19.1. The summed E-state index contributed by atoms with van der Waals surface area (Å²) in [7, 11) is 1.18. The number of esters is 1. The molecule has 10 heteroatoms. The van der Waals surface area contributed by atoms with E-state index in [0.29, 0.717) is 19.6 Å². The molecule has 9 nitrogen and oxygen atoms in total. The number of nitro benzene ring substituents is 1. The van der Waals surface area contributed by atoms with Gasteiger partial charge in [0, 0.05) is 37.8 Å². The summed E-state index contributed by atoms with van der Waals surface area (Å²) in [5.41, 5.74) is 0.583. The van der Waals surface area contributed by atoms with Crippen molar-refractivity contribution in [3.63, 3.8) is 0 Å². The zero-order valence-electron chi connectivity index (χ0n) is 18.7. The van der Waals surface area contributed by atoms with Crippen molar-refractivity contribution in [2.45, 2.75) is 32.5 Å². The molecule has 0 N–H and O–H groups in total. The number of carbonyl (C=O) groups excluding carboxylic acids is 2. The summed E-state index contributed by atoms with van der Waals surface area (Å²) >= 11 is 0. The summed E-state index contributed by atoms with van der Waals surface area (Å²) in [6.07, 6.45) is 0. The summed E-state index contributed by atoms with van der Waals surface area (Å²) < 4.78 is 23.2. The Morgan fingerprint density at radius 2 is 1.82 bits per heavy atom. The SMILES string of the molecule is COC(=O)c1ccc(OCC(=O)N2C[C@H](C)N(Cc3ccc(F)cc3)C[C@H]2C)c([N+](=O)[O-])c1. The molecule has 1 saturated heterocycles. The second-order valence-corrected chi connectivity index (χ2v) is 8.02. The fourth-order valence-electron chi connectivity index (χ4n) is 3.84. The van der Waals surface area contributed by atoms with Crippen LogP contribution >= 0.6 is 0 Å². The molecular formula is C23H26FN3O6. The van der Waals surface area contributed by atoms with Crippen LogP contribution in [0.3, 0.4) is 0 Å². The van der Waals surface area contributed by atoms with Crippen molar-refractivity contribution >= 4 is 17.6 Å². The van der Waals surface area contributed by atoms with Gasteiger partial charge >= 0.3 is 11.7 Å². The van der Waals surface area contributed by atoms with Gasteiger partial charge in [-0.05, 0) is 43.7 Å². The number of ether oxygens (including phenoxy) is 2. The van der Waals surface area contributed by atoms with Crippen molar-refractivity contribution in [1.82, 2.24) is 9.80 Å². The molecule has 1 amide bonds. The van der Waals surface area contributed by atoms with Crippen molar-refractivity contribution in [2.75, 3.05) is 26.8 Å². The Labute approximate surface area is 190 Å². The topological polar surface area (TPSA) is 102 Å². The molecule has 2 aromatic carbocycles. The Balaban J connectivity index is 1.62. The van der Waals surface area contributed by atoms with Crippen molar-refractivity contribution in [3.8, 4) is 5.75 Å². The Morgan fingerprint density at radius 3 is 2.45 bits per heavy atom. The van der Waals surface area contributed by atoms with Crippen LogP contribution in [0.5, 0.6) is 5.75 Å². The fraction of sp³-hybridized carbons (Fsp3) is 0.391. The summed E-state index contributed by atoms with van der Waals surface area (Å²) in [6, 6.07) is 9.99. The van der Waals surface area contributed by atoms with Gasteiger partial charge in [0.15, 0.2) is 12.4 Å². The third-order valence-electron chi connectivity index (χ3n) is 5.66. The fourth-order valence-corrected chi connectivity index (χ4v) is 3.84. The van der Waals surface area contributed by atoms with Crippen LogP contribution in [0, 0.1) is 15.9 Å². The van der Waals surface area contributed by atoms with Crippen molar-refractivity contribution in [2.24, 2.45) is 0 Å². The maximum absolute atomic E-state index is 13.2. The Morgan fingerprint density at radius 1 is 1.12 bits per heavy atom. The molecule has 0 spiro atoms. The molecule has 1 aliphatic rings. The molecule has 3 rings (SSSR count). The van der Waals surface area contributed by atoms with Crippen LogP contribution in [-0.4, -0.2) is 65.5 Å². The van der Waals surface area contributed by atoms with Gasteiger partial charge in [-0.25, -0.2) is 9.18 Å². The first-order valence-electron chi connectivity index (χ1n) is 10.5. The minimum absolute atomic E-state index is 0.0163. The number of nitro groups is 1. The molecule has 33 heavy (non-hydrogen) atoms. The second kappa shape index (κ2) is 10.4. The van der Waals surface area contributed by atoms with Crippen LogP contribution in [0.25, 0.3) is 0 Å². The molecule has 0 radical (unpaired) electrons. The second-order valence-electron chi connectivity index (χ2n) is 8.02. The van der Waals surface area contributed by atoms with Gasteiger partial charge in [0.1, 0.15) is 5.82 Å². The van der Waals surface area contributed by atoms with Crippen LogP contribution in [0.15, 0.2) is 42.5 Å². The van der Waals surface area contributed by atoms with Gasteiger partial charge < -0.3 is 14.4 Å². The average Bonchev–Trinajstić information content (AvgIpc) is 2.80. The van der Waals surface area contributed by atoms with Gasteiger partial charge in [0.25, 0.3) is 5.91 Å². The monoisotopic (exact) mass is 459 g/mol. The number of hydrogen-bond acceptors (Lipinski definition) is 7. The summed E-state index contributed by atoms with van der Waals surface area (Å²) in [5.74, 6) is -1.38. The standard InChI is InChI=1S/C23H26FN3O6/c1-15-12-26(16(2)11-25(15)13-17-4-7-19(24)8-5-17)22(28)14-33-21-9-6-18(23(29)32-3)10-20(21)27(30)31/h4-10,15-16H,11-14H2,1-3H3/t15-,16+/m0/s1. The first-order chi connectivity index (χ1) is 15.7. The van der Waals surface area contributed by atoms with Gasteiger partial charge in [-0.1, -0.05) is 12.1 Å². The highest BCUT2D eigenvalue weighted by Gasteiger charge is 2.32. The maximum atomic E-state index is 13.2. The number of carbonyl (C=O) groups is 2. The minimum atomic E-state index is -0.706. The normalized spacial score (nSPS) is 18.6. The van der Waals surface area contributed by atoms with Gasteiger partial charge in [-0.15, -0.1) is 0 Å². The first-order valence-corrected chi connectivity index (χ1v) is 10.5. The zero-order valence-corrected chi connectivity index (χ0v) is 18.7. The van der Waals surface area contributed by atoms with Gasteiger partial charge in [0.05, 0.1) is 17.6 Å². The van der Waals surface area contributed by atoms with Crippen LogP contribution in [0.2, 0.25) is 0 Å². The van der Waals surface area contributed by atoms with E-state index in [1.165, 1.54) is 31.4 Å². The lowest BCUT2D eigenvalue weighted by molar-refractivity contribution is -0.385. The third kappa shape index (κ3) is 5.83. The lowest BCUT2D eigenvalue weighted by Gasteiger charge is -2.44. The van der Waals surface area contributed by atoms with E-state index in [-0.39, 0.29) is 41.7 Å². The van der Waals surface area contributed by atoms with E-state index in [4.69, 9.17) is 4.74 Å². The molecule has 0 bridgehead atoms. The molecule has 1 aliphatic heterocycles. The van der Waals surface area contributed by atoms with Crippen LogP contribution < -0.4 is 4.74 Å². The first kappa shape index (κ1) is 24.1. The maximum Gasteiger partial charge on any atom is 0.338 e. The molecule has 176 valence electrons. The van der Waals surface area contributed by atoms with Crippen molar-refractivity contribution in [1.29, 1.82) is 0 Å². The number of nitrogens with zero attached hydrogens (tertiary/aromatic N) is 3. The number of amides is 1. The van der Waals surface area contributed by atoms with E-state index in [9.17, 15) is 24.1 Å². The lowest BCUT2D eigenvalue weighted by atomic mass is 10.1. The highest BCUT2D eigenvalue weighted by Crippen LogP contribution is 2.28. The van der Waals surface area contributed by atoms with Crippen LogP contribution in [0.4, 0.5) is 10.1 Å². The number of benzene rings is 2. The van der Waals surface area contributed by atoms with Crippen molar-refractivity contribution < 1.29 is 28.4 Å². The molecule has 1 heterocycles. The predicted octanol–water partition coefficient (Wildman–Crippen LogP) is 3.02. The molecule has 0 saturated carbocycles. The van der Waals surface area contributed by atoms with Gasteiger partial charge in [-0.2, -0.15) is 0 Å².